The Morgan fingerprint density at radius 3 is 1.06 bits per heavy atom. The maximum Gasteiger partial charge on any atom is 0.330 e. The molecule has 0 radical (unpaired) electrons. The highest BCUT2D eigenvalue weighted by molar-refractivity contribution is 14.1. The van der Waals surface area contributed by atoms with Crippen LogP contribution in [0.4, 0.5) is 0 Å². The summed E-state index contributed by atoms with van der Waals surface area (Å²) >= 11 is 7.88. The largest absolute Gasteiger partial charge is 0.478 e. The Hall–Kier alpha value is -12.8. The molecule has 4 aliphatic heterocycles. The number of halogens is 3. The number of fused-ring (bicyclic) bond motifs is 5. The van der Waals surface area contributed by atoms with Crippen LogP contribution in [0.5, 0.6) is 0 Å². The number of aromatic amines is 2. The van der Waals surface area contributed by atoms with Crippen LogP contribution < -0.4 is 5.32 Å². The normalized spacial score (nSPS) is 14.1. The maximum atomic E-state index is 12.2. The van der Waals surface area contributed by atoms with Gasteiger partial charge in [0.1, 0.15) is 6.29 Å². The monoisotopic (exact) mass is 2230 g/mol. The molecule has 20 rings (SSSR count). The van der Waals surface area contributed by atoms with Crippen LogP contribution >= 0.6 is 61.1 Å². The number of para-hydroxylation sites is 5. The van der Waals surface area contributed by atoms with Gasteiger partial charge in [-0.15, -0.1) is 0 Å². The molecule has 0 spiro atoms. The van der Waals surface area contributed by atoms with Crippen molar-refractivity contribution in [3.05, 3.63) is 391 Å². The van der Waals surface area contributed by atoms with E-state index in [-0.39, 0.29) is 17.8 Å². The number of ether oxygens (including phenoxy) is 6. The first kappa shape index (κ1) is 108. The van der Waals surface area contributed by atoms with Crippen molar-refractivity contribution in [2.45, 2.75) is 52.5 Å². The predicted molar refractivity (Wildman–Crippen MR) is 605 cm³/mol. The Morgan fingerprint density at radius 1 is 0.393 bits per heavy atom. The number of benzene rings is 10. The standard InChI is InChI=1S/C29H30N4O2.C25H28N2O3.C23H24N2O3.C14H18N2O.C11H11IO2.C10H10BrN.C7H5IO/c34-29(31-21-24-4-3-14-30-20-24)12-9-23-7-10-26(11-8-23)33-22-25(27-5-1-2-6-28(27)33)13-15-32-16-18-35-19-17-32;1-2-30-25(28)12-9-20-7-10-22(11-8-20)27-19-21(23-5-3-4-6-24(23)27)13-14-26-15-17-29-18-16-26;26-23(27)10-7-18-5-8-20(9-6-18)25-17-19(21-3-1-2-4-22(21)25)11-12-24-13-15-28-16-14-24;1-2-4-14-13(3-1)12(11-15-14)5-6-16-7-9-17-10-8-16;1-2-14-11(13)8-5-9-3-6-10(12)7-4-9;11-6-5-8-7-12-10-4-2-1-3-9(8)10;8-7-3-1-6(5-9)2-4-7/h1-12,14,20,22H,13,15-19,21H2,(H,31,34);3-12,19H,2,13-18H2,1H3;1-10,17H,11-16H2,(H,26,27);1-4,11,15H,5-10H2;3-8H,2H2,1H3;1-4,7,12H,5-6H2;1-5H/b2*12-9+;10-7+;;8-5+;;. The van der Waals surface area contributed by atoms with E-state index in [1.807, 2.05) is 103 Å². The minimum absolute atomic E-state index is 0.126. The van der Waals surface area contributed by atoms with Gasteiger partial charge in [0.2, 0.25) is 5.91 Å². The fourth-order valence-electron chi connectivity index (χ4n) is 17.3. The molecule has 16 aromatic rings. The van der Waals surface area contributed by atoms with Crippen molar-refractivity contribution in [3.63, 3.8) is 0 Å². The Balaban J connectivity index is 0.000000140. The van der Waals surface area contributed by atoms with E-state index in [2.05, 4.69) is 291 Å². The van der Waals surface area contributed by atoms with E-state index in [0.29, 0.717) is 19.8 Å². The summed E-state index contributed by atoms with van der Waals surface area (Å²) in [5.41, 5.74) is 21.8. The quantitative estimate of drug-likeness (QED) is 0.0107. The van der Waals surface area contributed by atoms with Crippen molar-refractivity contribution in [1.82, 2.24) is 53.6 Å². The van der Waals surface area contributed by atoms with E-state index in [0.717, 1.165) is 235 Å². The highest BCUT2D eigenvalue weighted by atomic mass is 127. The maximum absolute atomic E-state index is 12.2. The molecule has 4 fully saturated rings. The molecule has 10 heterocycles. The Kier molecular flexibility index (Phi) is 43.4. The molecule has 0 saturated carbocycles. The summed E-state index contributed by atoms with van der Waals surface area (Å²) in [5, 5.41) is 19.3. The molecule has 0 bridgehead atoms. The molecule has 4 saturated heterocycles. The molecule has 750 valence electrons. The lowest BCUT2D eigenvalue weighted by Crippen LogP contribution is -2.37. The molecule has 26 heteroatoms. The number of hydrogen-bond acceptors (Lipinski definition) is 16. The van der Waals surface area contributed by atoms with Gasteiger partial charge in [-0.05, 0) is 268 Å². The molecule has 10 aromatic carbocycles. The van der Waals surface area contributed by atoms with Crippen LogP contribution in [0.25, 0.3) is 95.9 Å². The van der Waals surface area contributed by atoms with Gasteiger partial charge in [-0.1, -0.05) is 174 Å². The topological polar surface area (TPSA) is 245 Å². The Labute approximate surface area is 884 Å². The van der Waals surface area contributed by atoms with Gasteiger partial charge < -0.3 is 62.5 Å². The van der Waals surface area contributed by atoms with Gasteiger partial charge in [-0.3, -0.25) is 34.2 Å². The van der Waals surface area contributed by atoms with Crippen molar-refractivity contribution < 1.29 is 57.5 Å². The number of nitrogens with zero attached hydrogens (tertiary/aromatic N) is 8. The van der Waals surface area contributed by atoms with E-state index in [4.69, 9.17) is 33.5 Å². The smallest absolute Gasteiger partial charge is 0.330 e. The first-order chi connectivity index (χ1) is 71.1. The number of nitrogens with one attached hydrogen (secondary N) is 3. The third-order valence-corrected chi connectivity index (χ3v) is 27.0. The molecule has 4 N–H and O–H groups in total. The van der Waals surface area contributed by atoms with Crippen molar-refractivity contribution in [2.75, 3.05) is 150 Å². The highest BCUT2D eigenvalue weighted by Gasteiger charge is 2.20. The summed E-state index contributed by atoms with van der Waals surface area (Å²) in [6.45, 7) is 24.0. The lowest BCUT2D eigenvalue weighted by Gasteiger charge is -2.26. The van der Waals surface area contributed by atoms with Crippen molar-refractivity contribution in [1.29, 1.82) is 0 Å². The van der Waals surface area contributed by atoms with Gasteiger partial charge >= 0.3 is 17.9 Å². The predicted octanol–water partition coefficient (Wildman–Crippen LogP) is 22.0. The number of aryl methyl sites for hydroxylation is 1. The average molecular weight is 2240 g/mol. The molecule has 1 amide bonds. The number of aromatic nitrogens is 6. The molecular formula is C119H126BrI2N11O12. The number of amides is 1. The summed E-state index contributed by atoms with van der Waals surface area (Å²) in [6.07, 6.45) is 33.1. The minimum Gasteiger partial charge on any atom is -0.478 e. The van der Waals surface area contributed by atoms with Crippen LogP contribution in [0.1, 0.15) is 79.8 Å². The zero-order valence-electron chi connectivity index (χ0n) is 82.1. The summed E-state index contributed by atoms with van der Waals surface area (Å²) in [5.74, 6) is -1.68. The second-order valence-electron chi connectivity index (χ2n) is 34.8. The number of rotatable bonds is 30. The number of aliphatic carboxylic acids is 1. The van der Waals surface area contributed by atoms with E-state index in [1.165, 1.54) is 98.1 Å². The van der Waals surface area contributed by atoms with Crippen LogP contribution in [0.15, 0.2) is 322 Å². The van der Waals surface area contributed by atoms with Gasteiger partial charge in [-0.25, -0.2) is 14.4 Å². The van der Waals surface area contributed by atoms with E-state index < -0.39 is 5.97 Å². The zero-order valence-corrected chi connectivity index (χ0v) is 88.0. The van der Waals surface area contributed by atoms with E-state index in [1.54, 1.807) is 62.7 Å². The van der Waals surface area contributed by atoms with E-state index in [9.17, 15) is 24.0 Å². The second-order valence-corrected chi connectivity index (χ2v) is 38.1. The fraction of sp³-hybridized carbons (Fsp3) is 0.261. The fourth-order valence-corrected chi connectivity index (χ4v) is 18.5. The molecule has 145 heavy (non-hydrogen) atoms. The van der Waals surface area contributed by atoms with Crippen LogP contribution in [-0.2, 0) is 86.2 Å². The molecule has 0 aliphatic carbocycles. The molecule has 0 atom stereocenters. The number of carbonyl (C=O) groups excluding carboxylic acids is 4. The van der Waals surface area contributed by atoms with Crippen LogP contribution in [0.3, 0.4) is 0 Å². The number of H-pyrrole nitrogens is 2. The summed E-state index contributed by atoms with van der Waals surface area (Å²) in [4.78, 5) is 76.0. The van der Waals surface area contributed by atoms with Crippen molar-refractivity contribution in [3.8, 4) is 17.1 Å². The van der Waals surface area contributed by atoms with Gasteiger partial charge in [0.25, 0.3) is 0 Å². The lowest BCUT2D eigenvalue weighted by atomic mass is 10.1. The number of alkyl halides is 1. The molecule has 6 aromatic heterocycles. The van der Waals surface area contributed by atoms with Crippen molar-refractivity contribution >= 4 is 170 Å². The van der Waals surface area contributed by atoms with E-state index >= 15 is 0 Å². The van der Waals surface area contributed by atoms with Crippen molar-refractivity contribution in [2.24, 2.45) is 0 Å². The lowest BCUT2D eigenvalue weighted by molar-refractivity contribution is -0.138. The Morgan fingerprint density at radius 2 is 0.717 bits per heavy atom. The summed E-state index contributed by atoms with van der Waals surface area (Å²) in [6, 6.07) is 86.1. The molecular weight excluding hydrogens is 2110 g/mol. The number of carboxylic acids is 1. The zero-order chi connectivity index (χ0) is 101. The average Bonchev–Trinajstić information content (AvgIpc) is 1.64. The molecule has 4 aliphatic rings. The van der Waals surface area contributed by atoms with Gasteiger partial charge in [0.15, 0.2) is 0 Å². The number of morpholine rings is 4. The first-order valence-corrected chi connectivity index (χ1v) is 52.8. The van der Waals surface area contributed by atoms with Gasteiger partial charge in [-0.2, -0.15) is 0 Å². The molecule has 0 unspecified atom stereocenters. The number of carboxylic acid groups (broad SMARTS) is 1. The minimum atomic E-state index is -0.939. The number of aldehydes is 1. The third-order valence-electron chi connectivity index (χ3n) is 25.1. The van der Waals surface area contributed by atoms with Crippen LogP contribution in [0, 0.1) is 7.14 Å². The summed E-state index contributed by atoms with van der Waals surface area (Å²) < 4.78 is 40.5. The number of esters is 2. The summed E-state index contributed by atoms with van der Waals surface area (Å²) in [7, 11) is 0. The third kappa shape index (κ3) is 33.9. The number of hydrogen-bond donors (Lipinski definition) is 4. The SMILES string of the molecule is BrCCc1c[nH]c2ccccc12.CCOC(=O)/C=C/c1ccc(-n2cc(CCN3CCOCC3)c3ccccc32)cc1.CCOC(=O)/C=C/c1ccc(I)cc1.O=C(/C=C/c1ccc(-n2cc(CCN3CCOCC3)c3ccccc32)cc1)NCc1cccnc1.O=C(O)/C=C/c1ccc(-n2cc(CCN3CCOCC3)c3ccccc32)cc1.O=Cc1ccc(I)cc1.c1ccc2c(CCN3CCOCC3)c[nH]c2c1. The number of carbonyl (C=O) groups is 5. The Bertz CT molecular complexity index is 6870. The molecule has 23 nitrogen and oxygen atoms in total. The van der Waals surface area contributed by atoms with Gasteiger partial charge in [0, 0.05) is 226 Å². The first-order valence-electron chi connectivity index (χ1n) is 49.5. The highest BCUT2D eigenvalue weighted by Crippen LogP contribution is 2.31. The number of pyridine rings is 1. The van der Waals surface area contributed by atoms with Crippen LogP contribution in [-0.4, -0.2) is 233 Å². The van der Waals surface area contributed by atoms with Gasteiger partial charge in [0.05, 0.1) is 82.6 Å². The van der Waals surface area contributed by atoms with Crippen LogP contribution in [0.2, 0.25) is 0 Å². The second kappa shape index (κ2) is 58.4.